The van der Waals surface area contributed by atoms with Crippen LogP contribution in [-0.4, -0.2) is 98.0 Å². The molecule has 0 atom stereocenters. The van der Waals surface area contributed by atoms with Crippen molar-refractivity contribution in [3.8, 4) is 0 Å². The van der Waals surface area contributed by atoms with Crippen LogP contribution in [0.3, 0.4) is 0 Å². The monoisotopic (exact) mass is 949 g/mol. The van der Waals surface area contributed by atoms with Crippen LogP contribution < -0.4 is 32.3 Å². The molecule has 0 unspecified atom stereocenters. The predicted octanol–water partition coefficient (Wildman–Crippen LogP) is 8.14. The van der Waals surface area contributed by atoms with E-state index >= 15 is 0 Å². The molecule has 0 aliphatic rings. The van der Waals surface area contributed by atoms with Gasteiger partial charge in [-0.2, -0.15) is 19.3 Å². The zero-order valence-electron chi connectivity index (χ0n) is 30.8. The number of hydrogen-bond acceptors (Lipinski definition) is 23. The summed E-state index contributed by atoms with van der Waals surface area (Å²) in [5.74, 6) is -1.32. The highest BCUT2D eigenvalue weighted by molar-refractivity contribution is 8.20. The van der Waals surface area contributed by atoms with Gasteiger partial charge in [-0.05, 0) is 59.5 Å². The Hall–Kier alpha value is -5.91. The average molecular weight is 950 g/mol. The first-order valence-corrected chi connectivity index (χ1v) is 21.5. The first kappa shape index (κ1) is 47.1. The van der Waals surface area contributed by atoms with Gasteiger partial charge in [0, 0.05) is 43.3 Å². The third-order valence-electron chi connectivity index (χ3n) is 7.92. The fourth-order valence-corrected chi connectivity index (χ4v) is 7.53. The van der Waals surface area contributed by atoms with Gasteiger partial charge in [-0.1, -0.05) is 0 Å². The van der Waals surface area contributed by atoms with Crippen LogP contribution in [0.4, 0.5) is 60.9 Å². The van der Waals surface area contributed by atoms with Crippen LogP contribution in [-0.2, 0) is 0 Å². The molecule has 5 aromatic rings. The summed E-state index contributed by atoms with van der Waals surface area (Å²) in [5.41, 5.74) is 2.87. The number of hydrogen-bond donors (Lipinski definition) is 15. The number of carbonyl (C=O) groups excluding carboxylic acids is 1. The lowest BCUT2D eigenvalue weighted by Crippen LogP contribution is -2.27. The molecule has 334 valence electrons. The Labute approximate surface area is 355 Å². The number of nitrogens with two attached hydrogens (primary N) is 1. The van der Waals surface area contributed by atoms with Gasteiger partial charge in [0.2, 0.25) is 23.0 Å². The van der Waals surface area contributed by atoms with Crippen molar-refractivity contribution in [2.75, 3.05) is 47.4 Å². The third kappa shape index (κ3) is 12.1. The van der Waals surface area contributed by atoms with E-state index in [2.05, 4.69) is 51.8 Å². The molecule has 0 spiro atoms. The number of aromatic nitrogens is 3. The number of nitro benzene ring substituents is 2. The summed E-state index contributed by atoms with van der Waals surface area (Å²) < 4.78 is 104. The molecule has 0 bridgehead atoms. The predicted molar refractivity (Wildman–Crippen MR) is 227 cm³/mol. The lowest BCUT2D eigenvalue weighted by molar-refractivity contribution is -0.395. The van der Waals surface area contributed by atoms with Crippen LogP contribution >= 0.6 is 44.2 Å². The Morgan fingerprint density at radius 3 is 1.97 bits per heavy atom. The minimum Gasteiger partial charge on any atom is -0.378 e. The highest BCUT2D eigenvalue weighted by Crippen LogP contribution is 2.56. The lowest BCUT2D eigenvalue weighted by atomic mass is 10.1. The summed E-state index contributed by atoms with van der Waals surface area (Å²) >= 11 is 6.09. The number of benzene rings is 4. The first-order chi connectivity index (χ1) is 28.9. The second-order valence-corrected chi connectivity index (χ2v) is 17.1. The van der Waals surface area contributed by atoms with Crippen LogP contribution in [0.15, 0.2) is 79.5 Å². The number of nitrogens with zero attached hydrogens (tertiary/aromatic N) is 7. The molecule has 1 aromatic heterocycles. The van der Waals surface area contributed by atoms with E-state index in [4.69, 9.17) is 17.3 Å². The summed E-state index contributed by atoms with van der Waals surface area (Å²) in [5, 5.41) is 43.1. The number of primary amides is 1. The maximum absolute atomic E-state index is 14.0. The zero-order chi connectivity index (χ0) is 45.7. The van der Waals surface area contributed by atoms with Gasteiger partial charge < -0.3 is 73.3 Å². The molecule has 0 fully saturated rings. The lowest BCUT2D eigenvalue weighted by Gasteiger charge is -2.27. The van der Waals surface area contributed by atoms with E-state index in [0.717, 1.165) is 18.2 Å². The van der Waals surface area contributed by atoms with Gasteiger partial charge >= 0.3 is 11.7 Å². The molecule has 62 heavy (non-hydrogen) atoms. The van der Waals surface area contributed by atoms with Gasteiger partial charge in [0.15, 0.2) is 0 Å². The van der Waals surface area contributed by atoms with Gasteiger partial charge in [-0.25, -0.2) is 4.79 Å². The summed E-state index contributed by atoms with van der Waals surface area (Å²) in [6, 6.07) is 7.51. The Morgan fingerprint density at radius 1 is 0.726 bits per heavy atom. The molecule has 4 aromatic carbocycles. The summed E-state index contributed by atoms with van der Waals surface area (Å²) in [6.45, 7) is 0.791. The van der Waals surface area contributed by atoms with Gasteiger partial charge in [0.05, 0.1) is 36.3 Å². The van der Waals surface area contributed by atoms with Crippen molar-refractivity contribution < 1.29 is 60.0 Å². The van der Waals surface area contributed by atoms with E-state index in [0.29, 0.717) is 18.2 Å². The number of rotatable bonds is 18. The Kier molecular flexibility index (Phi) is 14.5. The smallest absolute Gasteiger partial charge is 0.316 e. The minimum absolute atomic E-state index is 0.0119. The van der Waals surface area contributed by atoms with E-state index in [1.165, 1.54) is 18.2 Å². The highest BCUT2D eigenvalue weighted by atomic mass is 35.5. The third-order valence-corrected chi connectivity index (χ3v) is 10.8. The van der Waals surface area contributed by atoms with Crippen molar-refractivity contribution in [3.05, 3.63) is 85.9 Å². The maximum Gasteiger partial charge on any atom is 0.316 e. The molecule has 27 nitrogen and oxygen atoms in total. The van der Waals surface area contributed by atoms with Gasteiger partial charge in [0.1, 0.15) is 49.7 Å². The van der Waals surface area contributed by atoms with Crippen molar-refractivity contribution in [2.24, 2.45) is 16.0 Å². The van der Waals surface area contributed by atoms with Crippen molar-refractivity contribution >= 4 is 113 Å². The number of amides is 2. The zero-order valence-corrected chi connectivity index (χ0v) is 34.0. The standard InChI is InChI=1S/C30H33ClFN13O14S3/c31-27-39-29(36-6-4-34-3-5-35-21-12-18(32)23(44(47)48)13-24(21)45(49)50)41-30(40-27)37-15-1-2-19(20(9-15)38-28(33)46)42-43-22-11-17-14(8-26(22)62(57,58)59)7-16(60(51,52)53)10-25(17)61(54,55)56/h1-2,7-13,34-35,51-59H,3-6H2,(H3,33,38,46)(H2,36,37,39,40,41). The molecule has 16 N–H and O–H groups in total. The van der Waals surface area contributed by atoms with Gasteiger partial charge in [-0.3, -0.25) is 20.2 Å². The van der Waals surface area contributed by atoms with Crippen LogP contribution in [0, 0.1) is 26.0 Å². The number of anilines is 5. The number of halogens is 2. The number of azo groups is 1. The molecule has 0 aliphatic heterocycles. The largest absolute Gasteiger partial charge is 0.378 e. The van der Waals surface area contributed by atoms with Crippen LogP contribution in [0.5, 0.6) is 0 Å². The Bertz CT molecular complexity index is 2580. The van der Waals surface area contributed by atoms with Crippen LogP contribution in [0.1, 0.15) is 0 Å². The Morgan fingerprint density at radius 2 is 1.35 bits per heavy atom. The average Bonchev–Trinajstić information content (AvgIpc) is 3.14. The van der Waals surface area contributed by atoms with Crippen molar-refractivity contribution in [1.82, 2.24) is 20.3 Å². The quantitative estimate of drug-likeness (QED) is 0.0170. The van der Waals surface area contributed by atoms with E-state index in [9.17, 15) is 70.4 Å². The maximum atomic E-state index is 14.0. The number of fused-ring (bicyclic) bond motifs is 1. The second-order valence-electron chi connectivity index (χ2n) is 12.3. The molecule has 1 heterocycles. The molecule has 32 heteroatoms. The number of carbonyl (C=O) groups is 1. The number of nitro groups is 2. The first-order valence-electron chi connectivity index (χ1n) is 16.7. The van der Waals surface area contributed by atoms with E-state index < -0.39 is 86.1 Å². The molecule has 0 saturated carbocycles. The Balaban J connectivity index is 1.29. The second kappa shape index (κ2) is 19.0. The highest BCUT2D eigenvalue weighted by Gasteiger charge is 2.29. The molecule has 0 saturated heterocycles. The number of urea groups is 1. The summed E-state index contributed by atoms with van der Waals surface area (Å²) in [4.78, 5) is 42.3. The van der Waals surface area contributed by atoms with E-state index in [1.54, 1.807) is 0 Å². The van der Waals surface area contributed by atoms with E-state index in [1.807, 2.05) is 0 Å². The molecule has 0 radical (unpaired) electrons. The van der Waals surface area contributed by atoms with Crippen molar-refractivity contribution in [1.29, 1.82) is 0 Å². The van der Waals surface area contributed by atoms with Crippen LogP contribution in [0.2, 0.25) is 5.28 Å². The minimum atomic E-state index is -4.64. The van der Waals surface area contributed by atoms with Crippen molar-refractivity contribution in [3.63, 3.8) is 0 Å². The molecular formula is C30H33ClFN13O14S3. The topological polar surface area (TPSA) is 435 Å². The fraction of sp³-hybridized carbons (Fsp3) is 0.133. The van der Waals surface area contributed by atoms with Crippen molar-refractivity contribution in [2.45, 2.75) is 14.7 Å². The SMILES string of the molecule is NC(=O)Nc1cc(Nc2nc(Cl)nc(NCCNCCNc3cc(F)c([N+](=O)[O-])cc3[N+](=O)[O-])n2)ccc1N=Nc1cc2c(S(O)(O)O)cc(S(O)(O)O)cc2cc1S(O)(O)O. The van der Waals surface area contributed by atoms with Gasteiger partial charge in [-0.15, -0.1) is 10.2 Å². The number of nitrogens with one attached hydrogen (secondary N) is 5. The molecule has 5 rings (SSSR count). The molecule has 0 aliphatic carbocycles. The summed E-state index contributed by atoms with van der Waals surface area (Å²) in [7, 11) is -13.8. The molecule has 2 amide bonds. The van der Waals surface area contributed by atoms with Crippen LogP contribution in [0.25, 0.3) is 10.8 Å². The summed E-state index contributed by atoms with van der Waals surface area (Å²) in [6.07, 6.45) is 0. The van der Waals surface area contributed by atoms with Gasteiger partial charge in [0.25, 0.3) is 5.69 Å². The normalized spacial score (nSPS) is 12.9. The fourth-order valence-electron chi connectivity index (χ4n) is 5.31. The van der Waals surface area contributed by atoms with E-state index in [-0.39, 0.29) is 76.9 Å². The molecular weight excluding hydrogens is 917 g/mol.